The van der Waals surface area contributed by atoms with Crippen molar-refractivity contribution < 1.29 is 5.11 Å². The molecule has 1 unspecified atom stereocenters. The van der Waals surface area contributed by atoms with Crippen LogP contribution in [-0.4, -0.2) is 23.2 Å². The second kappa shape index (κ2) is 18.4. The van der Waals surface area contributed by atoms with Crippen LogP contribution in [0.3, 0.4) is 0 Å². The highest BCUT2D eigenvalue weighted by atomic mass is 32.2. The highest BCUT2D eigenvalue weighted by Crippen LogP contribution is 2.14. The Kier molecular flexibility index (Phi) is 18.6. The molecule has 0 spiro atoms. The smallest absolute Gasteiger partial charge is 0.0630 e. The Morgan fingerprint density at radius 1 is 0.667 bits per heavy atom. The van der Waals surface area contributed by atoms with E-state index in [1.54, 1.807) is 11.8 Å². The van der Waals surface area contributed by atoms with E-state index >= 15 is 0 Å². The second-order valence-electron chi connectivity index (χ2n) is 6.49. The van der Waals surface area contributed by atoms with Gasteiger partial charge in [0.25, 0.3) is 0 Å². The Morgan fingerprint density at radius 3 is 1.43 bits per heavy atom. The predicted octanol–water partition coefficient (Wildman–Crippen LogP) is 6.58. The first kappa shape index (κ1) is 21.3. The summed E-state index contributed by atoms with van der Waals surface area (Å²) in [5, 5.41) is 9.62. The van der Waals surface area contributed by atoms with Crippen LogP contribution in [0, 0.1) is 0 Å². The van der Waals surface area contributed by atoms with E-state index in [0.717, 1.165) is 12.2 Å². The van der Waals surface area contributed by atoms with E-state index in [1.807, 2.05) is 0 Å². The molecule has 0 rings (SSSR count). The third-order valence-corrected chi connectivity index (χ3v) is 4.97. The molecule has 0 aromatic rings. The van der Waals surface area contributed by atoms with Gasteiger partial charge in [0.1, 0.15) is 0 Å². The molecule has 0 saturated carbocycles. The SMILES string of the molecule is CCCCCCCCCCCCCCCCC(O)CSC. The number of unbranched alkanes of at least 4 members (excludes halogenated alkanes) is 13. The molecule has 1 atom stereocenters. The summed E-state index contributed by atoms with van der Waals surface area (Å²) in [6.07, 6.45) is 22.6. The van der Waals surface area contributed by atoms with Gasteiger partial charge in [-0.15, -0.1) is 0 Å². The summed E-state index contributed by atoms with van der Waals surface area (Å²) in [6.45, 7) is 2.28. The Hall–Kier alpha value is 0.310. The molecule has 0 aromatic heterocycles. The molecular formula is C19H40OS. The Morgan fingerprint density at radius 2 is 1.05 bits per heavy atom. The van der Waals surface area contributed by atoms with Crippen LogP contribution in [0.2, 0.25) is 0 Å². The van der Waals surface area contributed by atoms with E-state index in [0.29, 0.717) is 0 Å². The molecule has 0 amide bonds. The summed E-state index contributed by atoms with van der Waals surface area (Å²) >= 11 is 1.75. The van der Waals surface area contributed by atoms with E-state index in [-0.39, 0.29) is 6.10 Å². The van der Waals surface area contributed by atoms with Crippen LogP contribution in [0.25, 0.3) is 0 Å². The molecule has 0 fully saturated rings. The monoisotopic (exact) mass is 316 g/mol. The minimum atomic E-state index is -0.0719. The molecule has 0 aliphatic heterocycles. The maximum absolute atomic E-state index is 9.62. The molecule has 0 heterocycles. The second-order valence-corrected chi connectivity index (χ2v) is 7.40. The molecule has 1 nitrogen and oxygen atoms in total. The van der Waals surface area contributed by atoms with Crippen molar-refractivity contribution in [3.63, 3.8) is 0 Å². The maximum Gasteiger partial charge on any atom is 0.0630 e. The van der Waals surface area contributed by atoms with Crippen molar-refractivity contribution >= 4 is 11.8 Å². The number of hydrogen-bond acceptors (Lipinski definition) is 2. The van der Waals surface area contributed by atoms with E-state index < -0.39 is 0 Å². The van der Waals surface area contributed by atoms with Crippen molar-refractivity contribution in [3.8, 4) is 0 Å². The molecule has 0 bridgehead atoms. The van der Waals surface area contributed by atoms with Gasteiger partial charge in [-0.05, 0) is 12.7 Å². The van der Waals surface area contributed by atoms with Gasteiger partial charge in [-0.2, -0.15) is 11.8 Å². The van der Waals surface area contributed by atoms with Crippen molar-refractivity contribution in [2.75, 3.05) is 12.0 Å². The summed E-state index contributed by atoms with van der Waals surface area (Å²) in [6, 6.07) is 0. The molecular weight excluding hydrogens is 276 g/mol. The number of hydrogen-bond donors (Lipinski definition) is 1. The maximum atomic E-state index is 9.62. The zero-order valence-electron chi connectivity index (χ0n) is 14.7. The van der Waals surface area contributed by atoms with Crippen molar-refractivity contribution in [1.29, 1.82) is 0 Å². The zero-order chi connectivity index (χ0) is 15.6. The van der Waals surface area contributed by atoms with Gasteiger partial charge in [-0.1, -0.05) is 96.8 Å². The van der Waals surface area contributed by atoms with E-state index in [1.165, 1.54) is 89.9 Å². The van der Waals surface area contributed by atoms with Gasteiger partial charge in [0.2, 0.25) is 0 Å². The van der Waals surface area contributed by atoms with Crippen molar-refractivity contribution in [3.05, 3.63) is 0 Å². The molecule has 0 aliphatic carbocycles. The fraction of sp³-hybridized carbons (Fsp3) is 1.00. The lowest BCUT2D eigenvalue weighted by Gasteiger charge is -2.08. The van der Waals surface area contributed by atoms with Crippen LogP contribution >= 0.6 is 11.8 Å². The van der Waals surface area contributed by atoms with Crippen LogP contribution in [0.15, 0.2) is 0 Å². The quantitative estimate of drug-likeness (QED) is 0.306. The van der Waals surface area contributed by atoms with Crippen molar-refractivity contribution in [2.24, 2.45) is 0 Å². The van der Waals surface area contributed by atoms with Crippen LogP contribution < -0.4 is 0 Å². The summed E-state index contributed by atoms with van der Waals surface area (Å²) < 4.78 is 0. The lowest BCUT2D eigenvalue weighted by molar-refractivity contribution is 0.185. The van der Waals surface area contributed by atoms with Crippen LogP contribution in [0.1, 0.15) is 103 Å². The summed E-state index contributed by atoms with van der Waals surface area (Å²) in [5.41, 5.74) is 0. The van der Waals surface area contributed by atoms with E-state index in [9.17, 15) is 5.11 Å². The summed E-state index contributed by atoms with van der Waals surface area (Å²) in [7, 11) is 0. The van der Waals surface area contributed by atoms with Gasteiger partial charge in [0, 0.05) is 5.75 Å². The van der Waals surface area contributed by atoms with Gasteiger partial charge in [-0.3, -0.25) is 0 Å². The number of thioether (sulfide) groups is 1. The highest BCUT2D eigenvalue weighted by Gasteiger charge is 2.01. The Balaban J connectivity index is 2.99. The van der Waals surface area contributed by atoms with E-state index in [2.05, 4.69) is 13.2 Å². The number of aliphatic hydroxyl groups excluding tert-OH is 1. The normalized spacial score (nSPS) is 12.7. The molecule has 0 radical (unpaired) electrons. The average Bonchev–Trinajstić information content (AvgIpc) is 2.48. The van der Waals surface area contributed by atoms with Crippen LogP contribution in [-0.2, 0) is 0 Å². The summed E-state index contributed by atoms with van der Waals surface area (Å²) in [4.78, 5) is 0. The first-order valence-corrected chi connectivity index (χ1v) is 10.9. The summed E-state index contributed by atoms with van der Waals surface area (Å²) in [5.74, 6) is 0.901. The fourth-order valence-corrected chi connectivity index (χ4v) is 3.40. The Bertz CT molecular complexity index is 184. The minimum absolute atomic E-state index is 0.0719. The minimum Gasteiger partial charge on any atom is -0.392 e. The molecule has 0 aliphatic rings. The molecule has 0 saturated heterocycles. The third-order valence-electron chi connectivity index (χ3n) is 4.25. The lowest BCUT2D eigenvalue weighted by Crippen LogP contribution is -2.08. The standard InChI is InChI=1S/C19H40OS/c1-3-4-5-6-7-8-9-10-11-12-13-14-15-16-17-19(20)18-21-2/h19-20H,3-18H2,1-2H3. The van der Waals surface area contributed by atoms with Crippen molar-refractivity contribution in [1.82, 2.24) is 0 Å². The zero-order valence-corrected chi connectivity index (χ0v) is 15.6. The molecule has 1 N–H and O–H groups in total. The molecule has 0 aromatic carbocycles. The third kappa shape index (κ3) is 18.3. The van der Waals surface area contributed by atoms with Gasteiger partial charge >= 0.3 is 0 Å². The number of rotatable bonds is 17. The topological polar surface area (TPSA) is 20.2 Å². The van der Waals surface area contributed by atoms with Crippen LogP contribution in [0.5, 0.6) is 0 Å². The molecule has 2 heteroatoms. The Labute approximate surface area is 138 Å². The van der Waals surface area contributed by atoms with Gasteiger partial charge in [-0.25, -0.2) is 0 Å². The molecule has 128 valence electrons. The van der Waals surface area contributed by atoms with E-state index in [4.69, 9.17) is 0 Å². The first-order chi connectivity index (χ1) is 10.3. The molecule has 21 heavy (non-hydrogen) atoms. The van der Waals surface area contributed by atoms with Crippen molar-refractivity contribution in [2.45, 2.75) is 109 Å². The van der Waals surface area contributed by atoms with Gasteiger partial charge in [0.15, 0.2) is 0 Å². The van der Waals surface area contributed by atoms with Gasteiger partial charge in [0.05, 0.1) is 6.10 Å². The highest BCUT2D eigenvalue weighted by molar-refractivity contribution is 7.98. The van der Waals surface area contributed by atoms with Gasteiger partial charge < -0.3 is 5.11 Å². The predicted molar refractivity (Wildman–Crippen MR) is 99.3 cm³/mol. The first-order valence-electron chi connectivity index (χ1n) is 9.48. The largest absolute Gasteiger partial charge is 0.392 e. The lowest BCUT2D eigenvalue weighted by atomic mass is 10.0. The number of aliphatic hydroxyl groups is 1. The van der Waals surface area contributed by atoms with Crippen LogP contribution in [0.4, 0.5) is 0 Å². The average molecular weight is 317 g/mol. The fourth-order valence-electron chi connectivity index (χ4n) is 2.85.